The Hall–Kier alpha value is -1.67. The number of carbonyl (C=O) groups is 3. The minimum atomic E-state index is -1.09. The predicted molar refractivity (Wildman–Crippen MR) is 107 cm³/mol. The summed E-state index contributed by atoms with van der Waals surface area (Å²) in [5.74, 6) is -2.34. The first-order valence-corrected chi connectivity index (χ1v) is 10.4. The third-order valence-electron chi connectivity index (χ3n) is 4.63. The van der Waals surface area contributed by atoms with Gasteiger partial charge in [0.25, 0.3) is 0 Å². The molecule has 0 heterocycles. The van der Waals surface area contributed by atoms with Crippen LogP contribution in [0.5, 0.6) is 0 Å². The van der Waals surface area contributed by atoms with Crippen molar-refractivity contribution in [2.75, 3.05) is 39.3 Å². The van der Waals surface area contributed by atoms with Gasteiger partial charge in [0, 0.05) is 26.1 Å². The van der Waals surface area contributed by atoms with Crippen molar-refractivity contribution in [2.45, 2.75) is 71.1 Å². The Morgan fingerprint density at radius 1 is 0.714 bits per heavy atom. The SMILES string of the molecule is CCCCCCCCCCCC(=O)N(CCN(CCO)CC(=O)O)CC(=O)O. The number of rotatable bonds is 19. The zero-order valence-corrected chi connectivity index (χ0v) is 17.3. The Balaban J connectivity index is 4.20. The Kier molecular flexibility index (Phi) is 16.4. The summed E-state index contributed by atoms with van der Waals surface area (Å²) in [5, 5.41) is 26.9. The minimum Gasteiger partial charge on any atom is -0.480 e. The Morgan fingerprint density at radius 3 is 1.75 bits per heavy atom. The molecule has 0 unspecified atom stereocenters. The van der Waals surface area contributed by atoms with Gasteiger partial charge in [-0.25, -0.2) is 0 Å². The van der Waals surface area contributed by atoms with Gasteiger partial charge in [-0.2, -0.15) is 0 Å². The molecule has 0 saturated carbocycles. The molecular formula is C20H38N2O6. The summed E-state index contributed by atoms with van der Waals surface area (Å²) in [6.07, 6.45) is 10.6. The van der Waals surface area contributed by atoms with Gasteiger partial charge in [0.05, 0.1) is 13.2 Å². The van der Waals surface area contributed by atoms with Gasteiger partial charge in [0.15, 0.2) is 0 Å². The first-order chi connectivity index (χ1) is 13.4. The van der Waals surface area contributed by atoms with Crippen molar-refractivity contribution in [1.29, 1.82) is 0 Å². The number of carbonyl (C=O) groups excluding carboxylic acids is 1. The molecule has 0 aromatic carbocycles. The molecule has 0 spiro atoms. The van der Waals surface area contributed by atoms with Gasteiger partial charge >= 0.3 is 11.9 Å². The average molecular weight is 403 g/mol. The summed E-state index contributed by atoms with van der Waals surface area (Å²) in [4.78, 5) is 37.0. The number of amides is 1. The number of nitrogens with zero attached hydrogens (tertiary/aromatic N) is 2. The summed E-state index contributed by atoms with van der Waals surface area (Å²) >= 11 is 0. The average Bonchev–Trinajstić information content (AvgIpc) is 2.62. The number of hydrogen-bond acceptors (Lipinski definition) is 5. The van der Waals surface area contributed by atoms with E-state index in [1.165, 1.54) is 48.3 Å². The molecule has 0 fully saturated rings. The number of carboxylic acid groups (broad SMARTS) is 2. The lowest BCUT2D eigenvalue weighted by Crippen LogP contribution is -2.43. The zero-order valence-electron chi connectivity index (χ0n) is 17.3. The first kappa shape index (κ1) is 26.3. The van der Waals surface area contributed by atoms with Crippen LogP contribution in [0.4, 0.5) is 0 Å². The van der Waals surface area contributed by atoms with Gasteiger partial charge in [-0.05, 0) is 6.42 Å². The molecule has 3 N–H and O–H groups in total. The molecule has 164 valence electrons. The lowest BCUT2D eigenvalue weighted by molar-refractivity contribution is -0.145. The third kappa shape index (κ3) is 15.4. The molecular weight excluding hydrogens is 364 g/mol. The van der Waals surface area contributed by atoms with Crippen LogP contribution in [-0.4, -0.2) is 82.3 Å². The molecule has 0 radical (unpaired) electrons. The van der Waals surface area contributed by atoms with Crippen LogP contribution >= 0.6 is 0 Å². The second-order valence-electron chi connectivity index (χ2n) is 7.18. The van der Waals surface area contributed by atoms with Crippen molar-refractivity contribution in [1.82, 2.24) is 9.80 Å². The number of unbranched alkanes of at least 4 members (excludes halogenated alkanes) is 8. The second-order valence-corrected chi connectivity index (χ2v) is 7.18. The Bertz CT molecular complexity index is 444. The number of aliphatic carboxylic acids is 2. The van der Waals surface area contributed by atoms with Crippen molar-refractivity contribution in [3.8, 4) is 0 Å². The molecule has 0 bridgehead atoms. The van der Waals surface area contributed by atoms with E-state index in [2.05, 4.69) is 6.92 Å². The number of aliphatic hydroxyl groups is 1. The molecule has 8 heteroatoms. The van der Waals surface area contributed by atoms with Crippen LogP contribution in [0, 0.1) is 0 Å². The van der Waals surface area contributed by atoms with Gasteiger partial charge in [0.1, 0.15) is 6.54 Å². The van der Waals surface area contributed by atoms with Crippen LogP contribution in [0.1, 0.15) is 71.1 Å². The van der Waals surface area contributed by atoms with E-state index in [0.717, 1.165) is 19.3 Å². The minimum absolute atomic E-state index is 0.135. The van der Waals surface area contributed by atoms with Crippen LogP contribution in [0.15, 0.2) is 0 Å². The molecule has 0 aliphatic carbocycles. The predicted octanol–water partition coefficient (Wildman–Crippen LogP) is 2.20. The van der Waals surface area contributed by atoms with E-state index in [-0.39, 0.29) is 38.7 Å². The summed E-state index contributed by atoms with van der Waals surface area (Å²) in [6, 6.07) is 0. The third-order valence-corrected chi connectivity index (χ3v) is 4.63. The molecule has 0 aromatic rings. The standard InChI is InChI=1S/C20H38N2O6/c1-2-3-4-5-6-7-8-9-10-11-18(24)22(17-20(27)28)13-12-21(14-15-23)16-19(25)26/h23H,2-17H2,1H3,(H,25,26)(H,27,28). The summed E-state index contributed by atoms with van der Waals surface area (Å²) in [7, 11) is 0. The van der Waals surface area contributed by atoms with Crippen LogP contribution in [-0.2, 0) is 14.4 Å². The van der Waals surface area contributed by atoms with Crippen LogP contribution in [0.25, 0.3) is 0 Å². The smallest absolute Gasteiger partial charge is 0.323 e. The second kappa shape index (κ2) is 17.4. The van der Waals surface area contributed by atoms with E-state index >= 15 is 0 Å². The number of hydrogen-bond donors (Lipinski definition) is 3. The quantitative estimate of drug-likeness (QED) is 0.283. The van der Waals surface area contributed by atoms with E-state index in [4.69, 9.17) is 15.3 Å². The van der Waals surface area contributed by atoms with Gasteiger partial charge in [-0.1, -0.05) is 58.3 Å². The summed E-state index contributed by atoms with van der Waals surface area (Å²) in [5.41, 5.74) is 0. The van der Waals surface area contributed by atoms with Crippen LogP contribution in [0.2, 0.25) is 0 Å². The fourth-order valence-corrected chi connectivity index (χ4v) is 3.06. The molecule has 28 heavy (non-hydrogen) atoms. The lowest BCUT2D eigenvalue weighted by atomic mass is 10.1. The largest absolute Gasteiger partial charge is 0.480 e. The fourth-order valence-electron chi connectivity index (χ4n) is 3.06. The first-order valence-electron chi connectivity index (χ1n) is 10.4. The van der Waals surface area contributed by atoms with Gasteiger partial charge in [-0.3, -0.25) is 19.3 Å². The van der Waals surface area contributed by atoms with Crippen molar-refractivity contribution in [2.24, 2.45) is 0 Å². The normalized spacial score (nSPS) is 11.0. The number of aliphatic hydroxyl groups excluding tert-OH is 1. The molecule has 0 atom stereocenters. The highest BCUT2D eigenvalue weighted by Gasteiger charge is 2.18. The van der Waals surface area contributed by atoms with Gasteiger partial charge in [0.2, 0.25) is 5.91 Å². The van der Waals surface area contributed by atoms with E-state index < -0.39 is 18.5 Å². The topological polar surface area (TPSA) is 118 Å². The van der Waals surface area contributed by atoms with E-state index in [1.54, 1.807) is 0 Å². The highest BCUT2D eigenvalue weighted by atomic mass is 16.4. The Morgan fingerprint density at radius 2 is 1.25 bits per heavy atom. The molecule has 0 rings (SSSR count). The van der Waals surface area contributed by atoms with E-state index in [9.17, 15) is 14.4 Å². The molecule has 0 saturated heterocycles. The maximum atomic E-state index is 12.4. The maximum Gasteiger partial charge on any atom is 0.323 e. The van der Waals surface area contributed by atoms with Crippen molar-refractivity contribution in [3.05, 3.63) is 0 Å². The molecule has 0 aliphatic rings. The molecule has 0 aliphatic heterocycles. The summed E-state index contributed by atoms with van der Waals surface area (Å²) < 4.78 is 0. The maximum absolute atomic E-state index is 12.4. The van der Waals surface area contributed by atoms with E-state index in [0.29, 0.717) is 6.42 Å². The van der Waals surface area contributed by atoms with Crippen LogP contribution in [0.3, 0.4) is 0 Å². The molecule has 0 aromatic heterocycles. The highest BCUT2D eigenvalue weighted by Crippen LogP contribution is 2.11. The zero-order chi connectivity index (χ0) is 21.2. The molecule has 8 nitrogen and oxygen atoms in total. The van der Waals surface area contributed by atoms with Gasteiger partial charge < -0.3 is 20.2 Å². The van der Waals surface area contributed by atoms with Crippen molar-refractivity contribution >= 4 is 17.8 Å². The van der Waals surface area contributed by atoms with Crippen molar-refractivity contribution < 1.29 is 29.7 Å². The molecule has 1 amide bonds. The van der Waals surface area contributed by atoms with Gasteiger partial charge in [-0.15, -0.1) is 0 Å². The monoisotopic (exact) mass is 402 g/mol. The number of carboxylic acids is 2. The van der Waals surface area contributed by atoms with Crippen LogP contribution < -0.4 is 0 Å². The summed E-state index contributed by atoms with van der Waals surface area (Å²) in [6.45, 7) is 1.86. The highest BCUT2D eigenvalue weighted by molar-refractivity contribution is 5.81. The lowest BCUT2D eigenvalue weighted by Gasteiger charge is -2.25. The van der Waals surface area contributed by atoms with Crippen molar-refractivity contribution in [3.63, 3.8) is 0 Å². The Labute approximate surface area is 168 Å². The fraction of sp³-hybridized carbons (Fsp3) is 0.850. The van der Waals surface area contributed by atoms with E-state index in [1.807, 2.05) is 0 Å².